The zero-order chi connectivity index (χ0) is 22.1. The fraction of sp³-hybridized carbons (Fsp3) is 0.417. The molecule has 0 bridgehead atoms. The summed E-state index contributed by atoms with van der Waals surface area (Å²) in [6, 6.07) is 11.3. The van der Waals surface area contributed by atoms with Gasteiger partial charge in [0.15, 0.2) is 5.76 Å². The Bertz CT molecular complexity index is 1120. The Morgan fingerprint density at radius 3 is 2.97 bits per heavy atom. The molecular weight excluding hydrogens is 408 g/mol. The molecule has 5 rings (SSSR count). The number of hydrogen-bond acceptors (Lipinski definition) is 6. The normalized spacial score (nSPS) is 21.8. The third kappa shape index (κ3) is 3.30. The minimum Gasteiger partial charge on any atom is -0.461 e. The zero-order valence-electron chi connectivity index (χ0n) is 18.0. The molecule has 2 atom stereocenters. The van der Waals surface area contributed by atoms with Crippen molar-refractivity contribution in [3.8, 4) is 11.6 Å². The van der Waals surface area contributed by atoms with Crippen molar-refractivity contribution >= 4 is 17.5 Å². The highest BCUT2D eigenvalue weighted by atomic mass is 16.5. The lowest BCUT2D eigenvalue weighted by Gasteiger charge is -2.34. The zero-order valence-corrected chi connectivity index (χ0v) is 18.0. The van der Waals surface area contributed by atoms with Gasteiger partial charge in [0.05, 0.1) is 17.7 Å². The number of benzene rings is 1. The van der Waals surface area contributed by atoms with Gasteiger partial charge in [0, 0.05) is 25.1 Å². The number of rotatable bonds is 7. The van der Waals surface area contributed by atoms with Crippen molar-refractivity contribution in [2.24, 2.45) is 0 Å². The van der Waals surface area contributed by atoms with Crippen molar-refractivity contribution in [1.29, 1.82) is 0 Å². The van der Waals surface area contributed by atoms with Crippen LogP contribution >= 0.6 is 0 Å². The first-order valence-corrected chi connectivity index (χ1v) is 11.2. The lowest BCUT2D eigenvalue weighted by molar-refractivity contribution is -0.133. The van der Waals surface area contributed by atoms with Crippen LogP contribution in [0, 0.1) is 0 Å². The van der Waals surface area contributed by atoms with Crippen LogP contribution in [0.25, 0.3) is 11.6 Å². The predicted octanol–water partition coefficient (Wildman–Crippen LogP) is 3.94. The molecule has 0 radical (unpaired) electrons. The fourth-order valence-corrected chi connectivity index (χ4v) is 5.17. The van der Waals surface area contributed by atoms with Gasteiger partial charge in [0.25, 0.3) is 0 Å². The predicted molar refractivity (Wildman–Crippen MR) is 117 cm³/mol. The summed E-state index contributed by atoms with van der Waals surface area (Å²) in [5.41, 5.74) is 1.25. The Balaban J connectivity index is 1.26. The van der Waals surface area contributed by atoms with Crippen LogP contribution in [-0.4, -0.2) is 39.4 Å². The lowest BCUT2D eigenvalue weighted by Crippen LogP contribution is -2.48. The van der Waals surface area contributed by atoms with E-state index < -0.39 is 5.41 Å². The van der Waals surface area contributed by atoms with E-state index in [1.807, 2.05) is 29.2 Å². The Kier molecular flexibility index (Phi) is 5.28. The minimum absolute atomic E-state index is 0.0174. The van der Waals surface area contributed by atoms with Crippen LogP contribution in [0.4, 0.5) is 5.69 Å². The summed E-state index contributed by atoms with van der Waals surface area (Å²) in [4.78, 5) is 32.6. The van der Waals surface area contributed by atoms with Crippen LogP contribution in [-0.2, 0) is 21.4 Å². The molecule has 32 heavy (non-hydrogen) atoms. The van der Waals surface area contributed by atoms with Crippen molar-refractivity contribution in [2.75, 3.05) is 11.9 Å². The highest BCUT2D eigenvalue weighted by molar-refractivity contribution is 6.07. The second kappa shape index (κ2) is 8.26. The van der Waals surface area contributed by atoms with E-state index in [0.29, 0.717) is 49.7 Å². The van der Waals surface area contributed by atoms with Gasteiger partial charge in [-0.25, -0.2) is 0 Å². The maximum absolute atomic E-state index is 13.2. The molecule has 2 aromatic heterocycles. The molecule has 1 saturated heterocycles. The van der Waals surface area contributed by atoms with E-state index in [0.717, 1.165) is 24.1 Å². The van der Waals surface area contributed by atoms with E-state index >= 15 is 0 Å². The molecule has 1 spiro atoms. The smallest absolute Gasteiger partial charge is 0.238 e. The van der Waals surface area contributed by atoms with Crippen LogP contribution in [0.15, 0.2) is 51.6 Å². The third-order valence-electron chi connectivity index (χ3n) is 6.63. The number of carbonyl (C=O) groups is 2. The molecule has 1 fully saturated rings. The number of nitrogens with zero attached hydrogens (tertiary/aromatic N) is 3. The van der Waals surface area contributed by atoms with Gasteiger partial charge in [-0.2, -0.15) is 4.98 Å². The number of aromatic nitrogens is 2. The molecule has 1 N–H and O–H groups in total. The van der Waals surface area contributed by atoms with E-state index in [9.17, 15) is 9.59 Å². The molecule has 0 aliphatic carbocycles. The van der Waals surface area contributed by atoms with Crippen LogP contribution in [0.5, 0.6) is 0 Å². The molecule has 2 amide bonds. The molecule has 2 aliphatic rings. The molecule has 8 nitrogen and oxygen atoms in total. The van der Waals surface area contributed by atoms with Crippen molar-refractivity contribution < 1.29 is 18.5 Å². The average Bonchev–Trinajstić information content (AvgIpc) is 3.57. The maximum atomic E-state index is 13.2. The monoisotopic (exact) mass is 434 g/mol. The van der Waals surface area contributed by atoms with Crippen LogP contribution in [0.3, 0.4) is 0 Å². The molecule has 1 aromatic carbocycles. The fourth-order valence-electron chi connectivity index (χ4n) is 5.17. The summed E-state index contributed by atoms with van der Waals surface area (Å²) in [5, 5.41) is 6.97. The molecule has 0 saturated carbocycles. The largest absolute Gasteiger partial charge is 0.461 e. The van der Waals surface area contributed by atoms with Gasteiger partial charge in [0.1, 0.15) is 0 Å². The molecule has 166 valence electrons. The Morgan fingerprint density at radius 2 is 2.16 bits per heavy atom. The van der Waals surface area contributed by atoms with Crippen molar-refractivity contribution in [3.63, 3.8) is 0 Å². The summed E-state index contributed by atoms with van der Waals surface area (Å²) >= 11 is 0. The maximum Gasteiger partial charge on any atom is 0.238 e. The number of hydrogen-bond donors (Lipinski definition) is 1. The second-order valence-corrected chi connectivity index (χ2v) is 8.46. The number of furan rings is 1. The molecule has 4 heterocycles. The number of aryl methyl sites for hydroxylation is 1. The number of anilines is 1. The summed E-state index contributed by atoms with van der Waals surface area (Å²) in [6.07, 6.45) is 5.40. The van der Waals surface area contributed by atoms with Gasteiger partial charge < -0.3 is 19.2 Å². The van der Waals surface area contributed by atoms with Gasteiger partial charge in [-0.3, -0.25) is 9.59 Å². The number of fused-ring (bicyclic) bond motifs is 2. The summed E-state index contributed by atoms with van der Waals surface area (Å²) in [6.45, 7) is 2.69. The number of carbonyl (C=O) groups excluding carboxylic acids is 2. The first-order chi connectivity index (χ1) is 15.6. The van der Waals surface area contributed by atoms with Crippen molar-refractivity contribution in [2.45, 2.75) is 56.9 Å². The average molecular weight is 434 g/mol. The Morgan fingerprint density at radius 1 is 1.28 bits per heavy atom. The van der Waals surface area contributed by atoms with Crippen LogP contribution in [0.1, 0.15) is 50.5 Å². The van der Waals surface area contributed by atoms with Gasteiger partial charge in [0.2, 0.25) is 23.5 Å². The van der Waals surface area contributed by atoms with Crippen LogP contribution < -0.4 is 5.32 Å². The molecular formula is C24H26N4O4. The number of nitrogens with one attached hydrogen (secondary N) is 1. The first-order valence-electron chi connectivity index (χ1n) is 11.2. The summed E-state index contributed by atoms with van der Waals surface area (Å²) < 4.78 is 10.6. The second-order valence-electron chi connectivity index (χ2n) is 8.46. The Hall–Kier alpha value is -3.42. The van der Waals surface area contributed by atoms with Gasteiger partial charge in [-0.1, -0.05) is 36.7 Å². The summed E-state index contributed by atoms with van der Waals surface area (Å²) in [7, 11) is 0. The van der Waals surface area contributed by atoms with Gasteiger partial charge >= 0.3 is 0 Å². The standard InChI is InChI=1S/C24H26N4O4/c1-2-7-19-24(16-8-3-4-9-17(16)25-23(24)30)13-14-28(19)21(29)12-5-11-20-26-22(27-32-20)18-10-6-15-31-18/h3-4,6,8-10,15,19H,2,5,7,11-14H2,1H3,(H,25,30)/t19-,24+/m0/s1. The van der Waals surface area contributed by atoms with Crippen molar-refractivity contribution in [3.05, 3.63) is 54.1 Å². The topological polar surface area (TPSA) is 101 Å². The Labute approximate surface area is 186 Å². The SMILES string of the molecule is CCC[C@@H]1N(C(=O)CCCc2nc(-c3ccco3)no2)CC[C@]12C(=O)Nc1ccccc12. The van der Waals surface area contributed by atoms with E-state index in [4.69, 9.17) is 8.94 Å². The molecule has 8 heteroatoms. The quantitative estimate of drug-likeness (QED) is 0.604. The third-order valence-corrected chi connectivity index (χ3v) is 6.63. The molecule has 3 aromatic rings. The number of likely N-dealkylation sites (tertiary alicyclic amines) is 1. The lowest BCUT2D eigenvalue weighted by atomic mass is 9.73. The molecule has 0 unspecified atom stereocenters. The van der Waals surface area contributed by atoms with Gasteiger partial charge in [-0.15, -0.1) is 0 Å². The van der Waals surface area contributed by atoms with Crippen molar-refractivity contribution in [1.82, 2.24) is 15.0 Å². The van der Waals surface area contributed by atoms with E-state index in [1.165, 1.54) is 0 Å². The number of amides is 2. The van der Waals surface area contributed by atoms with E-state index in [1.54, 1.807) is 18.4 Å². The van der Waals surface area contributed by atoms with E-state index in [-0.39, 0.29) is 17.9 Å². The van der Waals surface area contributed by atoms with Crippen LogP contribution in [0.2, 0.25) is 0 Å². The van der Waals surface area contributed by atoms with Gasteiger partial charge in [-0.05, 0) is 43.0 Å². The van der Waals surface area contributed by atoms with E-state index in [2.05, 4.69) is 22.4 Å². The number of para-hydroxylation sites is 1. The first kappa shape index (κ1) is 20.5. The minimum atomic E-state index is -0.646. The summed E-state index contributed by atoms with van der Waals surface area (Å²) in [5.74, 6) is 1.53. The highest BCUT2D eigenvalue weighted by Crippen LogP contribution is 2.49. The highest BCUT2D eigenvalue weighted by Gasteiger charge is 2.58. The molecule has 2 aliphatic heterocycles.